The molecular weight excluding hydrogens is 280 g/mol. The molecule has 0 aromatic heterocycles. The van der Waals surface area contributed by atoms with Gasteiger partial charge >= 0.3 is 0 Å². The summed E-state index contributed by atoms with van der Waals surface area (Å²) >= 11 is 1.74. The van der Waals surface area contributed by atoms with Gasteiger partial charge in [-0.25, -0.2) is 0 Å². The Hall–Kier alpha value is -0.550. The number of aliphatic hydroxyl groups is 1. The largest absolute Gasteiger partial charge is 0.395 e. The second kappa shape index (κ2) is 8.79. The summed E-state index contributed by atoms with van der Waals surface area (Å²) in [5.74, 6) is 0. The Morgan fingerprint density at radius 3 is 2.81 bits per heavy atom. The van der Waals surface area contributed by atoms with Gasteiger partial charge < -0.3 is 10.4 Å². The van der Waals surface area contributed by atoms with Crippen LogP contribution in [0.25, 0.3) is 0 Å². The number of nitrogens with zero attached hydrogens (tertiary/aromatic N) is 1. The number of aliphatic hydroxyl groups excluding tert-OH is 1. The van der Waals surface area contributed by atoms with E-state index in [1.54, 1.807) is 11.8 Å². The second-order valence-electron chi connectivity index (χ2n) is 5.97. The van der Waals surface area contributed by atoms with Crippen LogP contribution < -0.4 is 5.32 Å². The first-order valence-corrected chi connectivity index (χ1v) is 9.17. The van der Waals surface area contributed by atoms with Crippen LogP contribution in [0.3, 0.4) is 0 Å². The van der Waals surface area contributed by atoms with Gasteiger partial charge in [-0.2, -0.15) is 11.8 Å². The van der Waals surface area contributed by atoms with Gasteiger partial charge in [0.15, 0.2) is 0 Å². The van der Waals surface area contributed by atoms with Crippen LogP contribution in [0.2, 0.25) is 0 Å². The maximum atomic E-state index is 9.40. The highest BCUT2D eigenvalue weighted by molar-refractivity contribution is 7.99. The van der Waals surface area contributed by atoms with Gasteiger partial charge in [-0.15, -0.1) is 0 Å². The maximum absolute atomic E-state index is 9.40. The topological polar surface area (TPSA) is 35.5 Å². The summed E-state index contributed by atoms with van der Waals surface area (Å²) in [4.78, 5) is 2.54. The van der Waals surface area contributed by atoms with Crippen LogP contribution in [-0.4, -0.2) is 53.3 Å². The summed E-state index contributed by atoms with van der Waals surface area (Å²) in [6.45, 7) is 5.77. The minimum atomic E-state index is 0.246. The van der Waals surface area contributed by atoms with Gasteiger partial charge in [0.1, 0.15) is 0 Å². The Morgan fingerprint density at radius 1 is 1.38 bits per heavy atom. The number of hydrogen-bond donors (Lipinski definition) is 2. The Kier molecular flexibility index (Phi) is 7.04. The van der Waals surface area contributed by atoms with Crippen LogP contribution >= 0.6 is 11.8 Å². The van der Waals surface area contributed by atoms with Crippen molar-refractivity contribution in [2.24, 2.45) is 0 Å². The predicted octanol–water partition coefficient (Wildman–Crippen LogP) is 2.35. The van der Waals surface area contributed by atoms with Crippen molar-refractivity contribution in [3.05, 3.63) is 35.9 Å². The number of rotatable bonds is 7. The third-order valence-electron chi connectivity index (χ3n) is 4.29. The van der Waals surface area contributed by atoms with Crippen LogP contribution in [0.1, 0.15) is 25.3 Å². The first-order valence-electron chi connectivity index (χ1n) is 7.89. The molecule has 1 heterocycles. The van der Waals surface area contributed by atoms with Crippen molar-refractivity contribution in [3.8, 4) is 0 Å². The highest BCUT2D eigenvalue weighted by Crippen LogP contribution is 2.16. The first kappa shape index (κ1) is 16.8. The zero-order valence-corrected chi connectivity index (χ0v) is 14.0. The molecule has 4 heteroatoms. The minimum Gasteiger partial charge on any atom is -0.395 e. The van der Waals surface area contributed by atoms with Gasteiger partial charge in [0.25, 0.3) is 0 Å². The van der Waals surface area contributed by atoms with E-state index in [2.05, 4.69) is 53.7 Å². The molecule has 0 spiro atoms. The molecule has 0 radical (unpaired) electrons. The molecule has 3 atom stereocenters. The first-order chi connectivity index (χ1) is 10.2. The molecule has 3 unspecified atom stereocenters. The van der Waals surface area contributed by atoms with Crippen molar-refractivity contribution in [2.45, 2.75) is 43.6 Å². The third kappa shape index (κ3) is 5.29. The summed E-state index contributed by atoms with van der Waals surface area (Å²) in [7, 11) is 0. The number of nitrogens with one attached hydrogen (secondary N) is 1. The molecule has 1 aromatic carbocycles. The van der Waals surface area contributed by atoms with Gasteiger partial charge in [-0.1, -0.05) is 30.3 Å². The van der Waals surface area contributed by atoms with E-state index in [0.717, 1.165) is 13.1 Å². The highest BCUT2D eigenvalue weighted by Gasteiger charge is 2.23. The number of hydrogen-bond acceptors (Lipinski definition) is 4. The second-order valence-corrected chi connectivity index (χ2v) is 7.05. The molecule has 2 rings (SSSR count). The fourth-order valence-electron chi connectivity index (χ4n) is 3.09. The normalized spacial score (nSPS) is 22.9. The molecule has 0 amide bonds. The van der Waals surface area contributed by atoms with Gasteiger partial charge in [0, 0.05) is 30.4 Å². The zero-order valence-electron chi connectivity index (χ0n) is 13.2. The fourth-order valence-corrected chi connectivity index (χ4v) is 3.73. The van der Waals surface area contributed by atoms with Crippen LogP contribution in [0, 0.1) is 0 Å². The Balaban J connectivity index is 1.83. The highest BCUT2D eigenvalue weighted by atomic mass is 32.2. The van der Waals surface area contributed by atoms with E-state index in [1.165, 1.54) is 24.9 Å². The zero-order chi connectivity index (χ0) is 15.1. The molecule has 3 nitrogen and oxygen atoms in total. The lowest BCUT2D eigenvalue weighted by Gasteiger charge is -2.36. The maximum Gasteiger partial charge on any atom is 0.0564 e. The van der Waals surface area contributed by atoms with E-state index in [0.29, 0.717) is 12.1 Å². The quantitative estimate of drug-likeness (QED) is 0.810. The van der Waals surface area contributed by atoms with E-state index in [9.17, 15) is 5.11 Å². The van der Waals surface area contributed by atoms with E-state index < -0.39 is 0 Å². The van der Waals surface area contributed by atoms with Crippen molar-refractivity contribution < 1.29 is 5.11 Å². The SMILES string of the molecule is CSC(CO)C(C)NC1CCCN(Cc2ccccc2)C1. The van der Waals surface area contributed by atoms with Gasteiger partial charge in [-0.3, -0.25) is 4.90 Å². The van der Waals surface area contributed by atoms with Crippen LogP contribution in [0.5, 0.6) is 0 Å². The van der Waals surface area contributed by atoms with Crippen molar-refractivity contribution in [3.63, 3.8) is 0 Å². The lowest BCUT2D eigenvalue weighted by atomic mass is 10.0. The molecule has 0 saturated carbocycles. The summed E-state index contributed by atoms with van der Waals surface area (Å²) in [6.07, 6.45) is 4.56. The average molecular weight is 308 g/mol. The predicted molar refractivity (Wildman–Crippen MR) is 91.7 cm³/mol. The number of likely N-dealkylation sites (tertiary alicyclic amines) is 1. The van der Waals surface area contributed by atoms with E-state index in [1.807, 2.05) is 0 Å². The molecule has 1 saturated heterocycles. The van der Waals surface area contributed by atoms with Gasteiger partial charge in [-0.05, 0) is 38.1 Å². The molecule has 1 aromatic rings. The summed E-state index contributed by atoms with van der Waals surface area (Å²) in [6, 6.07) is 11.6. The van der Waals surface area contributed by atoms with Gasteiger partial charge in [0.2, 0.25) is 0 Å². The monoisotopic (exact) mass is 308 g/mol. The number of benzene rings is 1. The molecule has 21 heavy (non-hydrogen) atoms. The lowest BCUT2D eigenvalue weighted by Crippen LogP contribution is -2.51. The van der Waals surface area contributed by atoms with Crippen LogP contribution in [0.15, 0.2) is 30.3 Å². The molecule has 0 bridgehead atoms. The molecule has 2 N–H and O–H groups in total. The molecule has 118 valence electrons. The minimum absolute atomic E-state index is 0.246. The lowest BCUT2D eigenvalue weighted by molar-refractivity contribution is 0.172. The van der Waals surface area contributed by atoms with E-state index in [4.69, 9.17) is 0 Å². The molecule has 0 aliphatic carbocycles. The molecule has 1 fully saturated rings. The Morgan fingerprint density at radius 2 is 2.14 bits per heavy atom. The average Bonchev–Trinajstić information content (AvgIpc) is 2.50. The standard InChI is InChI=1S/C17H28N2OS/c1-14(17(13-20)21-2)18-16-9-6-10-19(12-16)11-15-7-4-3-5-8-15/h3-5,7-8,14,16-18,20H,6,9-13H2,1-2H3. The van der Waals surface area contributed by atoms with Crippen LogP contribution in [0.4, 0.5) is 0 Å². The molecule has 1 aliphatic heterocycles. The number of piperidine rings is 1. The Bertz CT molecular complexity index is 397. The van der Waals surface area contributed by atoms with Crippen molar-refractivity contribution >= 4 is 11.8 Å². The van der Waals surface area contributed by atoms with Crippen LogP contribution in [-0.2, 0) is 6.54 Å². The summed E-state index contributed by atoms with van der Waals surface area (Å²) in [5, 5.41) is 13.4. The van der Waals surface area contributed by atoms with Crippen molar-refractivity contribution in [1.82, 2.24) is 10.2 Å². The van der Waals surface area contributed by atoms with Crippen molar-refractivity contribution in [1.29, 1.82) is 0 Å². The molecular formula is C17H28N2OS. The van der Waals surface area contributed by atoms with Crippen molar-refractivity contribution in [2.75, 3.05) is 26.0 Å². The summed E-state index contributed by atoms with van der Waals surface area (Å²) < 4.78 is 0. The Labute approximate surface area is 133 Å². The molecule has 1 aliphatic rings. The van der Waals surface area contributed by atoms with E-state index in [-0.39, 0.29) is 11.9 Å². The van der Waals surface area contributed by atoms with Gasteiger partial charge in [0.05, 0.1) is 6.61 Å². The summed E-state index contributed by atoms with van der Waals surface area (Å²) in [5.41, 5.74) is 1.39. The fraction of sp³-hybridized carbons (Fsp3) is 0.647. The number of thioether (sulfide) groups is 1. The van der Waals surface area contributed by atoms with E-state index >= 15 is 0 Å². The third-order valence-corrected chi connectivity index (χ3v) is 5.46. The smallest absolute Gasteiger partial charge is 0.0564 e.